The number of thiophene rings is 1. The molecule has 0 atom stereocenters. The van der Waals surface area contributed by atoms with Gasteiger partial charge in [-0.25, -0.2) is 9.97 Å². The van der Waals surface area contributed by atoms with Gasteiger partial charge in [0.2, 0.25) is 0 Å². The van der Waals surface area contributed by atoms with Gasteiger partial charge in [0, 0.05) is 34.9 Å². The lowest BCUT2D eigenvalue weighted by molar-refractivity contribution is 0.866. The fourth-order valence-corrected chi connectivity index (χ4v) is 4.21. The maximum atomic E-state index is 4.84. The Balaban J connectivity index is 1.71. The Bertz CT molecular complexity index is 1070. The summed E-state index contributed by atoms with van der Waals surface area (Å²) in [7, 11) is 0. The van der Waals surface area contributed by atoms with Gasteiger partial charge in [0.1, 0.15) is 10.6 Å². The van der Waals surface area contributed by atoms with Crippen molar-refractivity contribution in [2.75, 3.05) is 23.3 Å². The molecule has 2 heterocycles. The lowest BCUT2D eigenvalue weighted by Gasteiger charge is -2.21. The van der Waals surface area contributed by atoms with Gasteiger partial charge in [0.15, 0.2) is 5.82 Å². The molecule has 2 aromatic heterocycles. The van der Waals surface area contributed by atoms with E-state index < -0.39 is 0 Å². The van der Waals surface area contributed by atoms with Crippen LogP contribution in [-0.4, -0.2) is 23.1 Å². The number of anilines is 3. The van der Waals surface area contributed by atoms with Crippen LogP contribution in [0.5, 0.6) is 0 Å². The van der Waals surface area contributed by atoms with Crippen molar-refractivity contribution < 1.29 is 0 Å². The van der Waals surface area contributed by atoms with E-state index in [1.54, 1.807) is 11.3 Å². The second kappa shape index (κ2) is 7.98. The first kappa shape index (κ1) is 18.4. The van der Waals surface area contributed by atoms with Gasteiger partial charge < -0.3 is 10.2 Å². The number of aromatic nitrogens is 2. The van der Waals surface area contributed by atoms with Gasteiger partial charge in [-0.05, 0) is 51.1 Å². The molecule has 0 aliphatic rings. The van der Waals surface area contributed by atoms with Crippen molar-refractivity contribution in [3.05, 3.63) is 65.5 Å². The largest absolute Gasteiger partial charge is 0.372 e. The molecule has 0 unspecified atom stereocenters. The number of rotatable bonds is 6. The molecule has 0 aliphatic heterocycles. The third-order valence-corrected chi connectivity index (χ3v) is 5.75. The molecule has 4 rings (SSSR count). The Kier molecular flexibility index (Phi) is 5.26. The van der Waals surface area contributed by atoms with E-state index in [0.717, 1.165) is 46.2 Å². The summed E-state index contributed by atoms with van der Waals surface area (Å²) in [5.41, 5.74) is 3.29. The molecule has 0 saturated carbocycles. The second-order valence-electron chi connectivity index (χ2n) is 6.68. The van der Waals surface area contributed by atoms with Crippen LogP contribution in [0.25, 0.3) is 21.6 Å². The Morgan fingerprint density at radius 2 is 1.64 bits per heavy atom. The Morgan fingerprint density at radius 1 is 0.929 bits per heavy atom. The van der Waals surface area contributed by atoms with Crippen molar-refractivity contribution in [3.63, 3.8) is 0 Å². The summed E-state index contributed by atoms with van der Waals surface area (Å²) in [5.74, 6) is 1.60. The van der Waals surface area contributed by atoms with Crippen LogP contribution in [0.2, 0.25) is 0 Å². The minimum atomic E-state index is 0.747. The first-order valence-electron chi connectivity index (χ1n) is 9.63. The van der Waals surface area contributed by atoms with E-state index in [9.17, 15) is 0 Å². The van der Waals surface area contributed by atoms with Crippen LogP contribution in [0.15, 0.2) is 60.7 Å². The van der Waals surface area contributed by atoms with Crippen LogP contribution in [-0.2, 0) is 0 Å². The van der Waals surface area contributed by atoms with Crippen molar-refractivity contribution in [1.82, 2.24) is 9.97 Å². The summed E-state index contributed by atoms with van der Waals surface area (Å²) < 4.78 is 0. The van der Waals surface area contributed by atoms with Gasteiger partial charge in [-0.15, -0.1) is 11.3 Å². The highest BCUT2D eigenvalue weighted by molar-refractivity contribution is 7.18. The number of nitrogens with zero attached hydrogens (tertiary/aromatic N) is 3. The minimum Gasteiger partial charge on any atom is -0.372 e. The number of hydrogen-bond acceptors (Lipinski definition) is 5. The lowest BCUT2D eigenvalue weighted by Crippen LogP contribution is -2.21. The molecule has 0 fully saturated rings. The Morgan fingerprint density at radius 3 is 2.32 bits per heavy atom. The number of benzene rings is 2. The fraction of sp³-hybridized carbons (Fsp3) is 0.217. The van der Waals surface area contributed by atoms with E-state index in [2.05, 4.69) is 61.3 Å². The van der Waals surface area contributed by atoms with Crippen molar-refractivity contribution >= 4 is 38.7 Å². The molecule has 5 heteroatoms. The highest BCUT2D eigenvalue weighted by atomic mass is 32.1. The van der Waals surface area contributed by atoms with Crippen LogP contribution >= 0.6 is 11.3 Å². The number of fused-ring (bicyclic) bond motifs is 1. The summed E-state index contributed by atoms with van der Waals surface area (Å²) in [4.78, 5) is 14.2. The third-order valence-electron chi connectivity index (χ3n) is 4.81. The molecule has 4 nitrogen and oxygen atoms in total. The maximum Gasteiger partial charge on any atom is 0.163 e. The molecular weight excluding hydrogens is 364 g/mol. The Labute approximate surface area is 169 Å². The maximum absolute atomic E-state index is 4.84. The summed E-state index contributed by atoms with van der Waals surface area (Å²) in [5, 5.41) is 4.57. The molecule has 0 aliphatic carbocycles. The van der Waals surface area contributed by atoms with Crippen molar-refractivity contribution in [3.8, 4) is 11.4 Å². The molecule has 0 radical (unpaired) electrons. The summed E-state index contributed by atoms with van der Waals surface area (Å²) in [6.07, 6.45) is 0. The quantitative estimate of drug-likeness (QED) is 0.423. The van der Waals surface area contributed by atoms with E-state index >= 15 is 0 Å². The predicted molar refractivity (Wildman–Crippen MR) is 121 cm³/mol. The highest BCUT2D eigenvalue weighted by Crippen LogP contribution is 2.32. The summed E-state index contributed by atoms with van der Waals surface area (Å²) in [6.45, 7) is 8.47. The standard InChI is InChI=1S/C23H24N4S/c1-4-27(5-2)19-13-11-18(12-14-19)24-22-20-15-16(3)28-23(20)26-21(25-22)17-9-7-6-8-10-17/h6-15H,4-5H2,1-3H3,(H,24,25,26). The molecule has 2 aromatic carbocycles. The molecular formula is C23H24N4S. The zero-order valence-electron chi connectivity index (χ0n) is 16.4. The molecule has 0 saturated heterocycles. The minimum absolute atomic E-state index is 0.747. The molecule has 0 bridgehead atoms. The Hall–Kier alpha value is -2.92. The van der Waals surface area contributed by atoms with Crippen molar-refractivity contribution in [1.29, 1.82) is 0 Å². The number of nitrogens with one attached hydrogen (secondary N) is 1. The van der Waals surface area contributed by atoms with Crippen molar-refractivity contribution in [2.45, 2.75) is 20.8 Å². The van der Waals surface area contributed by atoms with Gasteiger partial charge in [-0.2, -0.15) is 0 Å². The molecule has 1 N–H and O–H groups in total. The van der Waals surface area contributed by atoms with Crippen LogP contribution < -0.4 is 10.2 Å². The van der Waals surface area contributed by atoms with E-state index in [0.29, 0.717) is 0 Å². The summed E-state index contributed by atoms with van der Waals surface area (Å²) in [6, 6.07) is 20.8. The van der Waals surface area contributed by atoms with E-state index in [1.807, 2.05) is 30.3 Å². The SMILES string of the molecule is CCN(CC)c1ccc(Nc2nc(-c3ccccc3)nc3sc(C)cc23)cc1. The molecule has 4 aromatic rings. The zero-order chi connectivity index (χ0) is 19.5. The monoisotopic (exact) mass is 388 g/mol. The molecule has 28 heavy (non-hydrogen) atoms. The third kappa shape index (κ3) is 3.71. The topological polar surface area (TPSA) is 41.0 Å². The molecule has 0 spiro atoms. The van der Waals surface area contributed by atoms with Crippen LogP contribution in [0.3, 0.4) is 0 Å². The first-order valence-corrected chi connectivity index (χ1v) is 10.4. The molecule has 0 amide bonds. The van der Waals surface area contributed by atoms with Crippen LogP contribution in [0.1, 0.15) is 18.7 Å². The summed E-state index contributed by atoms with van der Waals surface area (Å²) >= 11 is 1.70. The number of hydrogen-bond donors (Lipinski definition) is 1. The normalized spacial score (nSPS) is 11.0. The predicted octanol–water partition coefficient (Wildman–Crippen LogP) is 6.26. The van der Waals surface area contributed by atoms with Gasteiger partial charge >= 0.3 is 0 Å². The average Bonchev–Trinajstić information content (AvgIpc) is 3.11. The smallest absolute Gasteiger partial charge is 0.163 e. The zero-order valence-corrected chi connectivity index (χ0v) is 17.3. The highest BCUT2D eigenvalue weighted by Gasteiger charge is 2.12. The van der Waals surface area contributed by atoms with Crippen LogP contribution in [0, 0.1) is 6.92 Å². The molecule has 142 valence electrons. The lowest BCUT2D eigenvalue weighted by atomic mass is 10.2. The second-order valence-corrected chi connectivity index (χ2v) is 7.92. The van der Waals surface area contributed by atoms with E-state index in [4.69, 9.17) is 9.97 Å². The van der Waals surface area contributed by atoms with Crippen LogP contribution in [0.4, 0.5) is 17.2 Å². The van der Waals surface area contributed by atoms with Gasteiger partial charge in [0.25, 0.3) is 0 Å². The number of aryl methyl sites for hydroxylation is 1. The van der Waals surface area contributed by atoms with Gasteiger partial charge in [-0.3, -0.25) is 0 Å². The van der Waals surface area contributed by atoms with Gasteiger partial charge in [0.05, 0.1) is 5.39 Å². The van der Waals surface area contributed by atoms with Gasteiger partial charge in [-0.1, -0.05) is 30.3 Å². The van der Waals surface area contributed by atoms with E-state index in [-0.39, 0.29) is 0 Å². The van der Waals surface area contributed by atoms with Crippen molar-refractivity contribution in [2.24, 2.45) is 0 Å². The van der Waals surface area contributed by atoms with E-state index in [1.165, 1.54) is 10.6 Å². The fourth-order valence-electron chi connectivity index (χ4n) is 3.33. The first-order chi connectivity index (χ1) is 13.7. The average molecular weight is 389 g/mol.